The first-order valence-corrected chi connectivity index (χ1v) is 7.92. The summed E-state index contributed by atoms with van der Waals surface area (Å²) >= 11 is 0. The molecule has 2 saturated heterocycles. The van der Waals surface area contributed by atoms with Gasteiger partial charge in [-0.2, -0.15) is 0 Å². The number of hydrogen-bond acceptors (Lipinski definition) is 3. The molecule has 0 aliphatic carbocycles. The van der Waals surface area contributed by atoms with E-state index in [-0.39, 0.29) is 0 Å². The monoisotopic (exact) mass is 254 g/mol. The average molecular weight is 254 g/mol. The van der Waals surface area contributed by atoms with Crippen LogP contribution < -0.4 is 5.32 Å². The van der Waals surface area contributed by atoms with Crippen LogP contribution in [-0.4, -0.2) is 49.3 Å². The molecule has 2 aliphatic rings. The van der Waals surface area contributed by atoms with E-state index in [1.165, 1.54) is 45.1 Å². The van der Waals surface area contributed by atoms with Crippen LogP contribution in [0.5, 0.6) is 0 Å². The van der Waals surface area contributed by atoms with Crippen molar-refractivity contribution in [1.29, 1.82) is 0 Å². The minimum absolute atomic E-state index is 0.494. The molecule has 1 N–H and O–H groups in total. The summed E-state index contributed by atoms with van der Waals surface area (Å²) in [6.45, 7) is 9.09. The molecular formula is C15H30N2O. The maximum absolute atomic E-state index is 5.91. The molecular weight excluding hydrogens is 224 g/mol. The SMILES string of the molecule is CCCC1CN(CC2CCCCO2)C(CC)CN1. The van der Waals surface area contributed by atoms with Crippen molar-refractivity contribution in [2.45, 2.75) is 70.6 Å². The second kappa shape index (κ2) is 7.46. The zero-order valence-corrected chi connectivity index (χ0v) is 12.2. The summed E-state index contributed by atoms with van der Waals surface area (Å²) in [6, 6.07) is 1.41. The van der Waals surface area contributed by atoms with Gasteiger partial charge in [-0.3, -0.25) is 4.90 Å². The van der Waals surface area contributed by atoms with E-state index in [1.807, 2.05) is 0 Å². The van der Waals surface area contributed by atoms with Gasteiger partial charge in [0.25, 0.3) is 0 Å². The Kier molecular flexibility index (Phi) is 5.93. The fraction of sp³-hybridized carbons (Fsp3) is 1.00. The lowest BCUT2D eigenvalue weighted by atomic mass is 10.0. The molecule has 3 heteroatoms. The Morgan fingerprint density at radius 2 is 2.17 bits per heavy atom. The quantitative estimate of drug-likeness (QED) is 0.815. The highest BCUT2D eigenvalue weighted by Gasteiger charge is 2.28. The van der Waals surface area contributed by atoms with E-state index in [0.29, 0.717) is 18.2 Å². The summed E-state index contributed by atoms with van der Waals surface area (Å²) in [5, 5.41) is 3.71. The number of ether oxygens (including phenoxy) is 1. The molecule has 3 nitrogen and oxygen atoms in total. The lowest BCUT2D eigenvalue weighted by Crippen LogP contribution is -2.58. The van der Waals surface area contributed by atoms with Crippen molar-refractivity contribution in [3.05, 3.63) is 0 Å². The Morgan fingerprint density at radius 1 is 1.28 bits per heavy atom. The molecule has 0 aromatic carbocycles. The van der Waals surface area contributed by atoms with Gasteiger partial charge in [0.05, 0.1) is 6.10 Å². The third-order valence-electron chi connectivity index (χ3n) is 4.43. The van der Waals surface area contributed by atoms with Gasteiger partial charge in [0, 0.05) is 38.3 Å². The van der Waals surface area contributed by atoms with Crippen molar-refractivity contribution in [2.24, 2.45) is 0 Å². The molecule has 2 fully saturated rings. The van der Waals surface area contributed by atoms with Crippen LogP contribution >= 0.6 is 0 Å². The summed E-state index contributed by atoms with van der Waals surface area (Å²) < 4.78 is 5.91. The molecule has 0 radical (unpaired) electrons. The summed E-state index contributed by atoms with van der Waals surface area (Å²) in [5.74, 6) is 0. The Balaban J connectivity index is 1.84. The fourth-order valence-electron chi connectivity index (χ4n) is 3.31. The molecule has 0 spiro atoms. The van der Waals surface area contributed by atoms with Gasteiger partial charge in [-0.05, 0) is 32.1 Å². The Labute approximate surface area is 112 Å². The average Bonchev–Trinajstić information content (AvgIpc) is 2.41. The second-order valence-electron chi connectivity index (χ2n) is 5.90. The van der Waals surface area contributed by atoms with Gasteiger partial charge < -0.3 is 10.1 Å². The second-order valence-corrected chi connectivity index (χ2v) is 5.90. The van der Waals surface area contributed by atoms with Crippen LogP contribution in [0.2, 0.25) is 0 Å². The third-order valence-corrected chi connectivity index (χ3v) is 4.43. The topological polar surface area (TPSA) is 24.5 Å². The van der Waals surface area contributed by atoms with Gasteiger partial charge in [0.2, 0.25) is 0 Å². The van der Waals surface area contributed by atoms with Crippen LogP contribution in [0.4, 0.5) is 0 Å². The number of rotatable bonds is 5. The minimum atomic E-state index is 0.494. The molecule has 3 unspecified atom stereocenters. The van der Waals surface area contributed by atoms with E-state index in [1.54, 1.807) is 0 Å². The molecule has 18 heavy (non-hydrogen) atoms. The molecule has 0 amide bonds. The Morgan fingerprint density at radius 3 is 2.83 bits per heavy atom. The number of hydrogen-bond donors (Lipinski definition) is 1. The molecule has 2 heterocycles. The Hall–Kier alpha value is -0.120. The van der Waals surface area contributed by atoms with Crippen LogP contribution in [0.3, 0.4) is 0 Å². The van der Waals surface area contributed by atoms with Crippen LogP contribution in [0.1, 0.15) is 52.4 Å². The van der Waals surface area contributed by atoms with Crippen molar-refractivity contribution in [3.63, 3.8) is 0 Å². The third kappa shape index (κ3) is 3.94. The first kappa shape index (κ1) is 14.3. The normalized spacial score (nSPS) is 34.7. The summed E-state index contributed by atoms with van der Waals surface area (Å²) in [7, 11) is 0. The van der Waals surface area contributed by atoms with E-state index < -0.39 is 0 Å². The van der Waals surface area contributed by atoms with Gasteiger partial charge in [0.15, 0.2) is 0 Å². The molecule has 0 aromatic rings. The van der Waals surface area contributed by atoms with Crippen LogP contribution in [0.15, 0.2) is 0 Å². The van der Waals surface area contributed by atoms with E-state index in [0.717, 1.165) is 19.7 Å². The smallest absolute Gasteiger partial charge is 0.0702 e. The lowest BCUT2D eigenvalue weighted by molar-refractivity contribution is -0.0220. The van der Waals surface area contributed by atoms with Crippen molar-refractivity contribution in [2.75, 3.05) is 26.2 Å². The highest BCUT2D eigenvalue weighted by molar-refractivity contribution is 4.87. The first-order valence-electron chi connectivity index (χ1n) is 7.92. The predicted octanol–water partition coefficient (Wildman–Crippen LogP) is 2.41. The van der Waals surface area contributed by atoms with Gasteiger partial charge >= 0.3 is 0 Å². The standard InChI is InChI=1S/C15H30N2O/c1-3-7-13-11-17(14(4-2)10-16-13)12-15-8-5-6-9-18-15/h13-16H,3-12H2,1-2H3. The van der Waals surface area contributed by atoms with Crippen molar-refractivity contribution < 1.29 is 4.74 Å². The van der Waals surface area contributed by atoms with E-state index in [9.17, 15) is 0 Å². The van der Waals surface area contributed by atoms with E-state index >= 15 is 0 Å². The molecule has 106 valence electrons. The molecule has 3 atom stereocenters. The van der Waals surface area contributed by atoms with Gasteiger partial charge in [0.1, 0.15) is 0 Å². The van der Waals surface area contributed by atoms with Gasteiger partial charge in [-0.1, -0.05) is 20.3 Å². The molecule has 2 rings (SSSR count). The molecule has 2 aliphatic heterocycles. The van der Waals surface area contributed by atoms with Crippen LogP contribution in [0, 0.1) is 0 Å². The van der Waals surface area contributed by atoms with Gasteiger partial charge in [-0.15, -0.1) is 0 Å². The number of piperazine rings is 1. The lowest BCUT2D eigenvalue weighted by Gasteiger charge is -2.42. The summed E-state index contributed by atoms with van der Waals surface area (Å²) in [5.41, 5.74) is 0. The summed E-state index contributed by atoms with van der Waals surface area (Å²) in [6.07, 6.45) is 8.20. The van der Waals surface area contributed by atoms with Crippen molar-refractivity contribution in [1.82, 2.24) is 10.2 Å². The molecule has 0 bridgehead atoms. The van der Waals surface area contributed by atoms with Crippen molar-refractivity contribution in [3.8, 4) is 0 Å². The van der Waals surface area contributed by atoms with Crippen LogP contribution in [0.25, 0.3) is 0 Å². The maximum atomic E-state index is 5.91. The maximum Gasteiger partial charge on any atom is 0.0702 e. The van der Waals surface area contributed by atoms with Crippen LogP contribution in [-0.2, 0) is 4.74 Å². The van der Waals surface area contributed by atoms with E-state index in [2.05, 4.69) is 24.1 Å². The number of nitrogens with zero attached hydrogens (tertiary/aromatic N) is 1. The summed E-state index contributed by atoms with van der Waals surface area (Å²) in [4.78, 5) is 2.69. The number of nitrogens with one attached hydrogen (secondary N) is 1. The molecule has 0 saturated carbocycles. The highest BCUT2D eigenvalue weighted by Crippen LogP contribution is 2.18. The molecule has 0 aromatic heterocycles. The zero-order chi connectivity index (χ0) is 12.8. The van der Waals surface area contributed by atoms with E-state index in [4.69, 9.17) is 4.74 Å². The Bertz CT molecular complexity index is 229. The fourth-order valence-corrected chi connectivity index (χ4v) is 3.31. The highest BCUT2D eigenvalue weighted by atomic mass is 16.5. The zero-order valence-electron chi connectivity index (χ0n) is 12.2. The first-order chi connectivity index (χ1) is 8.83. The largest absolute Gasteiger partial charge is 0.377 e. The minimum Gasteiger partial charge on any atom is -0.377 e. The van der Waals surface area contributed by atoms with Gasteiger partial charge in [-0.25, -0.2) is 0 Å². The van der Waals surface area contributed by atoms with Crippen molar-refractivity contribution >= 4 is 0 Å². The predicted molar refractivity (Wildman–Crippen MR) is 75.9 cm³/mol.